The molecule has 0 fully saturated rings. The Labute approximate surface area is 116 Å². The van der Waals surface area contributed by atoms with Crippen LogP contribution in [0, 0.1) is 0 Å². The fourth-order valence-corrected chi connectivity index (χ4v) is 1.99. The molecule has 1 heterocycles. The monoisotopic (exact) mass is 279 g/mol. The second kappa shape index (κ2) is 5.92. The molecule has 1 amide bonds. The molecule has 6 heteroatoms. The number of para-hydroxylation sites is 1. The topological polar surface area (TPSA) is 76.1 Å². The highest BCUT2D eigenvalue weighted by Gasteiger charge is 2.27. The average Bonchev–Trinajstić information content (AvgIpc) is 2.43. The van der Waals surface area contributed by atoms with Gasteiger partial charge in [-0.3, -0.25) is 4.79 Å². The summed E-state index contributed by atoms with van der Waals surface area (Å²) in [6, 6.07) is 4.73. The van der Waals surface area contributed by atoms with Crippen molar-refractivity contribution in [1.29, 1.82) is 0 Å². The Balaban J connectivity index is 2.26. The number of ether oxygens (including phenoxy) is 2. The lowest BCUT2D eigenvalue weighted by Crippen LogP contribution is -2.40. The molecular weight excluding hydrogens is 262 g/mol. The molecule has 0 unspecified atom stereocenters. The third-order valence-corrected chi connectivity index (χ3v) is 2.92. The van der Waals surface area contributed by atoms with E-state index >= 15 is 0 Å². The van der Waals surface area contributed by atoms with Crippen LogP contribution in [0.4, 0.5) is 5.69 Å². The molecule has 0 radical (unpaired) electrons. The molecule has 2 rings (SSSR count). The van der Waals surface area contributed by atoms with Gasteiger partial charge >= 0.3 is 5.97 Å². The van der Waals surface area contributed by atoms with Crippen LogP contribution in [-0.2, 0) is 9.53 Å². The predicted molar refractivity (Wildman–Crippen MR) is 72.3 cm³/mol. The van der Waals surface area contributed by atoms with E-state index in [1.807, 2.05) is 13.8 Å². The highest BCUT2D eigenvalue weighted by molar-refractivity contribution is 6.00. The second-order valence-electron chi connectivity index (χ2n) is 4.71. The van der Waals surface area contributed by atoms with Crippen molar-refractivity contribution in [3.05, 3.63) is 23.8 Å². The smallest absolute Gasteiger partial charge is 0.339 e. The quantitative estimate of drug-likeness (QED) is 0.904. The number of carbonyl (C=O) groups is 2. The van der Waals surface area contributed by atoms with E-state index in [0.29, 0.717) is 12.2 Å². The molecule has 1 aromatic carbocycles. The molecule has 0 bridgehead atoms. The minimum absolute atomic E-state index is 0.0333. The van der Waals surface area contributed by atoms with Crippen molar-refractivity contribution in [2.45, 2.75) is 20.0 Å². The molecule has 0 saturated heterocycles. The lowest BCUT2D eigenvalue weighted by atomic mass is 10.1. The van der Waals surface area contributed by atoms with Crippen LogP contribution in [-0.4, -0.2) is 42.8 Å². The molecule has 1 aromatic rings. The summed E-state index contributed by atoms with van der Waals surface area (Å²) in [6.07, 6.45) is -0.0372. The standard InChI is InChI=1S/C14H17NO5/c1-9(2)20-8-12(16)15-6-7-19-13-10(14(17)18)4-3-5-11(13)15/h3-5,9H,6-8H2,1-2H3,(H,17,18). The summed E-state index contributed by atoms with van der Waals surface area (Å²) in [6.45, 7) is 4.32. The maximum absolute atomic E-state index is 12.1. The zero-order chi connectivity index (χ0) is 14.7. The molecule has 0 atom stereocenters. The zero-order valence-electron chi connectivity index (χ0n) is 11.5. The molecule has 0 spiro atoms. The number of aromatic carboxylic acids is 1. The van der Waals surface area contributed by atoms with Gasteiger partial charge in [0.05, 0.1) is 18.3 Å². The summed E-state index contributed by atoms with van der Waals surface area (Å²) in [5, 5.41) is 9.13. The number of rotatable bonds is 4. The van der Waals surface area contributed by atoms with Gasteiger partial charge in [-0.15, -0.1) is 0 Å². The number of amides is 1. The van der Waals surface area contributed by atoms with Gasteiger partial charge in [-0.2, -0.15) is 0 Å². The van der Waals surface area contributed by atoms with Crippen molar-refractivity contribution < 1.29 is 24.2 Å². The number of benzene rings is 1. The highest BCUT2D eigenvalue weighted by atomic mass is 16.5. The van der Waals surface area contributed by atoms with Crippen LogP contribution < -0.4 is 9.64 Å². The van der Waals surface area contributed by atoms with Crippen LogP contribution >= 0.6 is 0 Å². The first kappa shape index (κ1) is 14.3. The molecule has 1 aliphatic heterocycles. The van der Waals surface area contributed by atoms with E-state index in [1.54, 1.807) is 12.1 Å². The fraction of sp³-hybridized carbons (Fsp3) is 0.429. The molecule has 1 N–H and O–H groups in total. The Hall–Kier alpha value is -2.08. The summed E-state index contributed by atoms with van der Waals surface area (Å²) in [5.41, 5.74) is 0.540. The van der Waals surface area contributed by atoms with Crippen molar-refractivity contribution in [3.8, 4) is 5.75 Å². The van der Waals surface area contributed by atoms with Gasteiger partial charge in [0.1, 0.15) is 18.8 Å². The van der Waals surface area contributed by atoms with Gasteiger partial charge in [0.25, 0.3) is 5.91 Å². The first-order valence-electron chi connectivity index (χ1n) is 6.41. The van der Waals surface area contributed by atoms with Crippen molar-refractivity contribution in [2.75, 3.05) is 24.7 Å². The minimum atomic E-state index is -1.07. The number of fused-ring (bicyclic) bond motifs is 1. The molecule has 0 aliphatic carbocycles. The second-order valence-corrected chi connectivity index (χ2v) is 4.71. The molecule has 1 aliphatic rings. The summed E-state index contributed by atoms with van der Waals surface area (Å²) in [5.74, 6) is -1.04. The minimum Gasteiger partial charge on any atom is -0.489 e. The van der Waals surface area contributed by atoms with Crippen LogP contribution in [0.5, 0.6) is 5.75 Å². The number of hydrogen-bond acceptors (Lipinski definition) is 4. The van der Waals surface area contributed by atoms with Crippen molar-refractivity contribution in [3.63, 3.8) is 0 Å². The Bertz CT molecular complexity index is 526. The number of carboxylic acids is 1. The molecule has 108 valence electrons. The first-order chi connectivity index (χ1) is 9.50. The number of carbonyl (C=O) groups excluding carboxylic acids is 1. The third kappa shape index (κ3) is 2.91. The maximum atomic E-state index is 12.1. The predicted octanol–water partition coefficient (Wildman–Crippen LogP) is 1.54. The Morgan fingerprint density at radius 1 is 1.45 bits per heavy atom. The SMILES string of the molecule is CC(C)OCC(=O)N1CCOc2c(C(=O)O)cccc21. The number of carboxylic acid groups (broad SMARTS) is 1. The van der Waals surface area contributed by atoms with Crippen molar-refractivity contribution in [1.82, 2.24) is 0 Å². The van der Waals surface area contributed by atoms with Gasteiger partial charge in [-0.25, -0.2) is 4.79 Å². The van der Waals surface area contributed by atoms with E-state index in [1.165, 1.54) is 11.0 Å². The summed E-state index contributed by atoms with van der Waals surface area (Å²) in [4.78, 5) is 24.8. The van der Waals surface area contributed by atoms with Crippen LogP contribution in [0.15, 0.2) is 18.2 Å². The number of anilines is 1. The van der Waals surface area contributed by atoms with Crippen molar-refractivity contribution in [2.24, 2.45) is 0 Å². The van der Waals surface area contributed by atoms with Gasteiger partial charge in [0.2, 0.25) is 0 Å². The maximum Gasteiger partial charge on any atom is 0.339 e. The fourth-order valence-electron chi connectivity index (χ4n) is 1.99. The Morgan fingerprint density at radius 2 is 2.20 bits per heavy atom. The highest BCUT2D eigenvalue weighted by Crippen LogP contribution is 2.35. The Kier molecular flexibility index (Phi) is 4.24. The largest absolute Gasteiger partial charge is 0.489 e. The van der Waals surface area contributed by atoms with Gasteiger partial charge in [-0.1, -0.05) is 6.07 Å². The normalized spacial score (nSPS) is 13.8. The summed E-state index contributed by atoms with van der Waals surface area (Å²) >= 11 is 0. The van der Waals surface area contributed by atoms with Gasteiger partial charge in [0, 0.05) is 0 Å². The van der Waals surface area contributed by atoms with Gasteiger partial charge < -0.3 is 19.5 Å². The van der Waals surface area contributed by atoms with E-state index in [9.17, 15) is 9.59 Å². The number of nitrogens with zero attached hydrogens (tertiary/aromatic N) is 1. The molecule has 0 aromatic heterocycles. The summed E-state index contributed by atoms with van der Waals surface area (Å²) < 4.78 is 10.7. The molecule has 20 heavy (non-hydrogen) atoms. The first-order valence-corrected chi connectivity index (χ1v) is 6.41. The van der Waals surface area contributed by atoms with E-state index in [4.69, 9.17) is 14.6 Å². The molecule has 6 nitrogen and oxygen atoms in total. The summed E-state index contributed by atoms with van der Waals surface area (Å²) in [7, 11) is 0. The van der Waals surface area contributed by atoms with Crippen LogP contribution in [0.2, 0.25) is 0 Å². The number of hydrogen-bond donors (Lipinski definition) is 1. The molecular formula is C14H17NO5. The van der Waals surface area contributed by atoms with Gasteiger partial charge in [-0.05, 0) is 26.0 Å². The van der Waals surface area contributed by atoms with E-state index in [2.05, 4.69) is 0 Å². The van der Waals surface area contributed by atoms with Crippen LogP contribution in [0.25, 0.3) is 0 Å². The van der Waals surface area contributed by atoms with Crippen LogP contribution in [0.1, 0.15) is 24.2 Å². The van der Waals surface area contributed by atoms with E-state index in [-0.39, 0.29) is 36.5 Å². The lowest BCUT2D eigenvalue weighted by Gasteiger charge is -2.30. The lowest BCUT2D eigenvalue weighted by molar-refractivity contribution is -0.124. The van der Waals surface area contributed by atoms with E-state index in [0.717, 1.165) is 0 Å². The van der Waals surface area contributed by atoms with Crippen molar-refractivity contribution >= 4 is 17.6 Å². The average molecular weight is 279 g/mol. The molecule has 0 saturated carbocycles. The zero-order valence-corrected chi connectivity index (χ0v) is 11.5. The van der Waals surface area contributed by atoms with E-state index < -0.39 is 5.97 Å². The van der Waals surface area contributed by atoms with Gasteiger partial charge in [0.15, 0.2) is 5.75 Å². The van der Waals surface area contributed by atoms with Crippen LogP contribution in [0.3, 0.4) is 0 Å². The third-order valence-electron chi connectivity index (χ3n) is 2.92. The Morgan fingerprint density at radius 3 is 2.85 bits per heavy atom.